The van der Waals surface area contributed by atoms with Gasteiger partial charge < -0.3 is 10.4 Å². The Morgan fingerprint density at radius 1 is 1.35 bits per heavy atom. The van der Waals surface area contributed by atoms with Crippen LogP contribution in [0.3, 0.4) is 0 Å². The standard InChI is InChI=1S/C14H23NOS/c1-5-11-8-12(6-7-14(11)17-4)13(16)9-15-10(2)3/h6-8,10,13,15-16H,5,9H2,1-4H3. The van der Waals surface area contributed by atoms with Gasteiger partial charge in [-0.05, 0) is 29.9 Å². The first kappa shape index (κ1) is 14.6. The van der Waals surface area contributed by atoms with Gasteiger partial charge in [0.05, 0.1) is 6.10 Å². The maximum atomic E-state index is 10.1. The van der Waals surface area contributed by atoms with Crippen molar-refractivity contribution in [3.8, 4) is 0 Å². The molecule has 1 unspecified atom stereocenters. The predicted molar refractivity (Wildman–Crippen MR) is 75.7 cm³/mol. The molecule has 2 N–H and O–H groups in total. The predicted octanol–water partition coefficient (Wildman–Crippen LogP) is 3.00. The number of thioether (sulfide) groups is 1. The Morgan fingerprint density at radius 2 is 2.06 bits per heavy atom. The molecule has 0 aliphatic rings. The SMILES string of the molecule is CCc1cc(C(O)CNC(C)C)ccc1SC. The van der Waals surface area contributed by atoms with Crippen molar-refractivity contribution >= 4 is 11.8 Å². The maximum absolute atomic E-state index is 10.1. The van der Waals surface area contributed by atoms with Crippen molar-refractivity contribution in [3.05, 3.63) is 29.3 Å². The summed E-state index contributed by atoms with van der Waals surface area (Å²) < 4.78 is 0. The van der Waals surface area contributed by atoms with E-state index in [9.17, 15) is 5.11 Å². The fourth-order valence-electron chi connectivity index (χ4n) is 1.75. The molecule has 0 spiro atoms. The van der Waals surface area contributed by atoms with Crippen molar-refractivity contribution < 1.29 is 5.11 Å². The molecular weight excluding hydrogens is 230 g/mol. The highest BCUT2D eigenvalue weighted by atomic mass is 32.2. The lowest BCUT2D eigenvalue weighted by Crippen LogP contribution is -2.27. The molecule has 17 heavy (non-hydrogen) atoms. The number of hydrogen-bond donors (Lipinski definition) is 2. The summed E-state index contributed by atoms with van der Waals surface area (Å²) in [7, 11) is 0. The molecule has 1 aromatic rings. The highest BCUT2D eigenvalue weighted by Crippen LogP contribution is 2.24. The van der Waals surface area contributed by atoms with E-state index in [1.807, 2.05) is 6.07 Å². The molecule has 1 aromatic carbocycles. The Bertz CT molecular complexity index is 352. The van der Waals surface area contributed by atoms with Crippen LogP contribution in [-0.2, 0) is 6.42 Å². The number of rotatable bonds is 6. The van der Waals surface area contributed by atoms with Gasteiger partial charge in [-0.3, -0.25) is 0 Å². The zero-order chi connectivity index (χ0) is 12.8. The first-order chi connectivity index (χ1) is 8.08. The second kappa shape index (κ2) is 7.04. The number of benzene rings is 1. The van der Waals surface area contributed by atoms with E-state index in [1.165, 1.54) is 10.5 Å². The summed E-state index contributed by atoms with van der Waals surface area (Å²) in [6.07, 6.45) is 2.68. The van der Waals surface area contributed by atoms with Gasteiger partial charge in [0.25, 0.3) is 0 Å². The van der Waals surface area contributed by atoms with Crippen LogP contribution in [0.1, 0.15) is 38.0 Å². The summed E-state index contributed by atoms with van der Waals surface area (Å²) in [5.74, 6) is 0. The molecule has 0 heterocycles. The third-order valence-corrected chi connectivity index (χ3v) is 3.63. The Labute approximate surface area is 109 Å². The van der Waals surface area contributed by atoms with E-state index < -0.39 is 6.10 Å². The van der Waals surface area contributed by atoms with E-state index in [0.29, 0.717) is 12.6 Å². The van der Waals surface area contributed by atoms with E-state index in [2.05, 4.69) is 44.5 Å². The van der Waals surface area contributed by atoms with Gasteiger partial charge >= 0.3 is 0 Å². The number of aliphatic hydroxyl groups excluding tert-OH is 1. The summed E-state index contributed by atoms with van der Waals surface area (Å²) in [6.45, 7) is 6.93. The van der Waals surface area contributed by atoms with Gasteiger partial charge in [-0.1, -0.05) is 32.9 Å². The summed E-state index contributed by atoms with van der Waals surface area (Å²) >= 11 is 1.76. The van der Waals surface area contributed by atoms with Gasteiger partial charge in [-0.15, -0.1) is 11.8 Å². The molecule has 3 heteroatoms. The van der Waals surface area contributed by atoms with Crippen LogP contribution in [0.5, 0.6) is 0 Å². The van der Waals surface area contributed by atoms with Crippen LogP contribution in [0.4, 0.5) is 0 Å². The normalized spacial score (nSPS) is 13.1. The number of hydrogen-bond acceptors (Lipinski definition) is 3. The van der Waals surface area contributed by atoms with Crippen molar-refractivity contribution in [1.82, 2.24) is 5.32 Å². The fraction of sp³-hybridized carbons (Fsp3) is 0.571. The zero-order valence-corrected chi connectivity index (χ0v) is 12.0. The molecule has 0 amide bonds. The average molecular weight is 253 g/mol. The highest BCUT2D eigenvalue weighted by Gasteiger charge is 2.10. The minimum atomic E-state index is -0.418. The molecule has 2 nitrogen and oxygen atoms in total. The van der Waals surface area contributed by atoms with Crippen LogP contribution in [0, 0.1) is 0 Å². The lowest BCUT2D eigenvalue weighted by molar-refractivity contribution is 0.171. The largest absolute Gasteiger partial charge is 0.387 e. The van der Waals surface area contributed by atoms with Crippen LogP contribution < -0.4 is 5.32 Å². The Hall–Kier alpha value is -0.510. The molecule has 0 saturated carbocycles. The summed E-state index contributed by atoms with van der Waals surface area (Å²) in [4.78, 5) is 1.31. The molecule has 96 valence electrons. The monoisotopic (exact) mass is 253 g/mol. The number of aryl methyl sites for hydroxylation is 1. The quantitative estimate of drug-likeness (QED) is 0.764. The summed E-state index contributed by atoms with van der Waals surface area (Å²) in [5, 5.41) is 13.3. The topological polar surface area (TPSA) is 32.3 Å². The molecule has 0 saturated heterocycles. The third-order valence-electron chi connectivity index (χ3n) is 2.79. The van der Waals surface area contributed by atoms with E-state index in [0.717, 1.165) is 12.0 Å². The third kappa shape index (κ3) is 4.34. The van der Waals surface area contributed by atoms with Crippen molar-refractivity contribution in [2.45, 2.75) is 44.2 Å². The molecule has 0 bridgehead atoms. The van der Waals surface area contributed by atoms with Crippen LogP contribution in [0.15, 0.2) is 23.1 Å². The molecule has 0 fully saturated rings. The van der Waals surface area contributed by atoms with Gasteiger partial charge in [-0.2, -0.15) is 0 Å². The summed E-state index contributed by atoms with van der Waals surface area (Å²) in [5.41, 5.74) is 2.33. The van der Waals surface area contributed by atoms with Gasteiger partial charge in [0.15, 0.2) is 0 Å². The molecule has 0 aliphatic heterocycles. The molecule has 1 atom stereocenters. The Kier molecular flexibility index (Phi) is 6.03. The lowest BCUT2D eigenvalue weighted by Gasteiger charge is -2.16. The first-order valence-corrected chi connectivity index (χ1v) is 7.39. The van der Waals surface area contributed by atoms with Crippen molar-refractivity contribution in [1.29, 1.82) is 0 Å². The second-order valence-electron chi connectivity index (χ2n) is 4.50. The lowest BCUT2D eigenvalue weighted by atomic mass is 10.0. The smallest absolute Gasteiger partial charge is 0.0914 e. The molecule has 0 aliphatic carbocycles. The summed E-state index contributed by atoms with van der Waals surface area (Å²) in [6, 6.07) is 6.66. The van der Waals surface area contributed by atoms with Crippen LogP contribution in [0.25, 0.3) is 0 Å². The van der Waals surface area contributed by atoms with Crippen molar-refractivity contribution in [3.63, 3.8) is 0 Å². The minimum absolute atomic E-state index is 0.403. The number of aliphatic hydroxyl groups is 1. The average Bonchev–Trinajstić information content (AvgIpc) is 2.34. The van der Waals surface area contributed by atoms with Gasteiger partial charge in [-0.25, -0.2) is 0 Å². The van der Waals surface area contributed by atoms with E-state index in [-0.39, 0.29) is 0 Å². The van der Waals surface area contributed by atoms with E-state index in [1.54, 1.807) is 11.8 Å². The van der Waals surface area contributed by atoms with Crippen LogP contribution >= 0.6 is 11.8 Å². The first-order valence-electron chi connectivity index (χ1n) is 6.16. The molecule has 0 radical (unpaired) electrons. The second-order valence-corrected chi connectivity index (χ2v) is 5.35. The number of nitrogens with one attached hydrogen (secondary N) is 1. The fourth-order valence-corrected chi connectivity index (χ4v) is 2.42. The minimum Gasteiger partial charge on any atom is -0.387 e. The Morgan fingerprint density at radius 3 is 2.59 bits per heavy atom. The van der Waals surface area contributed by atoms with Crippen LogP contribution in [-0.4, -0.2) is 23.9 Å². The van der Waals surface area contributed by atoms with Crippen molar-refractivity contribution in [2.24, 2.45) is 0 Å². The zero-order valence-electron chi connectivity index (χ0n) is 11.2. The molecular formula is C14H23NOS. The van der Waals surface area contributed by atoms with Crippen LogP contribution in [0.2, 0.25) is 0 Å². The molecule has 1 rings (SSSR count). The van der Waals surface area contributed by atoms with Gasteiger partial charge in [0, 0.05) is 17.5 Å². The van der Waals surface area contributed by atoms with Crippen molar-refractivity contribution in [2.75, 3.05) is 12.8 Å². The van der Waals surface area contributed by atoms with Gasteiger partial charge in [0.2, 0.25) is 0 Å². The maximum Gasteiger partial charge on any atom is 0.0914 e. The van der Waals surface area contributed by atoms with E-state index >= 15 is 0 Å². The molecule has 0 aromatic heterocycles. The van der Waals surface area contributed by atoms with E-state index in [4.69, 9.17) is 0 Å². The Balaban J connectivity index is 2.77. The van der Waals surface area contributed by atoms with Gasteiger partial charge in [0.1, 0.15) is 0 Å². The highest BCUT2D eigenvalue weighted by molar-refractivity contribution is 7.98.